The molecule has 3 aromatic rings. The number of ether oxygens (including phenoxy) is 1. The molecule has 11 heteroatoms. The van der Waals surface area contributed by atoms with Crippen LogP contribution in [0.1, 0.15) is 62.6 Å². The number of amides is 1. The molecule has 0 bridgehead atoms. The minimum absolute atomic E-state index is 0.176. The van der Waals surface area contributed by atoms with Crippen molar-refractivity contribution in [2.75, 3.05) is 13.1 Å². The molecule has 2 fully saturated rings. The summed E-state index contributed by atoms with van der Waals surface area (Å²) in [5.74, 6) is 5.76. The standard InChI is InChI=1S/C27H29FN8O2/c1-17(33-21-11-27(12-21)5-7-35(16-37)8-6-27)26(34-30)19-9-24-32-15-22(13-29)36(24)25(10-19)38-18(2)23-4-3-20(28)14-31-23/h3-4,9-10,14-16,18,21H,5-8,11-12,30H2,1-2H3/b33-17?,34-26+/t18-/m1/s1. The third-order valence-corrected chi connectivity index (χ3v) is 7.62. The number of aliphatic imine (C=N–C) groups is 1. The molecule has 38 heavy (non-hydrogen) atoms. The monoisotopic (exact) mass is 516 g/mol. The largest absolute Gasteiger partial charge is 0.469 e. The molecule has 1 aliphatic carbocycles. The number of rotatable bonds is 7. The summed E-state index contributed by atoms with van der Waals surface area (Å²) in [5, 5.41) is 13.7. The molecule has 1 saturated heterocycles. The van der Waals surface area contributed by atoms with Gasteiger partial charge in [-0.1, -0.05) is 0 Å². The summed E-state index contributed by atoms with van der Waals surface area (Å²) in [6, 6.07) is 8.71. The minimum atomic E-state index is -0.534. The maximum absolute atomic E-state index is 13.4. The van der Waals surface area contributed by atoms with E-state index >= 15 is 0 Å². The van der Waals surface area contributed by atoms with Gasteiger partial charge in [0.2, 0.25) is 12.3 Å². The number of hydrogen-bond donors (Lipinski definition) is 1. The van der Waals surface area contributed by atoms with Crippen LogP contribution in [-0.2, 0) is 4.79 Å². The minimum Gasteiger partial charge on any atom is -0.469 e. The van der Waals surface area contributed by atoms with Gasteiger partial charge in [-0.25, -0.2) is 9.37 Å². The zero-order valence-electron chi connectivity index (χ0n) is 21.3. The average Bonchev–Trinajstić information content (AvgIpc) is 3.32. The molecule has 10 nitrogen and oxygen atoms in total. The van der Waals surface area contributed by atoms with Crippen molar-refractivity contribution in [2.45, 2.75) is 51.7 Å². The van der Waals surface area contributed by atoms with Crippen LogP contribution in [-0.4, -0.2) is 56.2 Å². The summed E-state index contributed by atoms with van der Waals surface area (Å²) in [7, 11) is 0. The molecular weight excluding hydrogens is 487 g/mol. The smallest absolute Gasteiger partial charge is 0.209 e. The molecule has 1 amide bonds. The van der Waals surface area contributed by atoms with E-state index in [0.717, 1.165) is 51.4 Å². The molecule has 0 unspecified atom stereocenters. The topological polar surface area (TPSA) is 134 Å². The first-order valence-corrected chi connectivity index (χ1v) is 12.6. The van der Waals surface area contributed by atoms with Gasteiger partial charge in [0.25, 0.3) is 0 Å². The number of likely N-dealkylation sites (tertiary alicyclic amines) is 1. The van der Waals surface area contributed by atoms with Gasteiger partial charge in [0.15, 0.2) is 0 Å². The van der Waals surface area contributed by atoms with Crippen LogP contribution in [0.5, 0.6) is 5.88 Å². The quantitative estimate of drug-likeness (QED) is 0.221. The van der Waals surface area contributed by atoms with E-state index in [9.17, 15) is 14.4 Å². The highest BCUT2D eigenvalue weighted by Crippen LogP contribution is 2.50. The number of hydrazone groups is 1. The van der Waals surface area contributed by atoms with Crippen molar-refractivity contribution < 1.29 is 13.9 Å². The molecule has 1 aliphatic heterocycles. The fraction of sp³-hybridized carbons (Fsp3) is 0.407. The third-order valence-electron chi connectivity index (χ3n) is 7.62. The fourth-order valence-electron chi connectivity index (χ4n) is 5.50. The van der Waals surface area contributed by atoms with Gasteiger partial charge in [0, 0.05) is 24.7 Å². The lowest BCUT2D eigenvalue weighted by Crippen LogP contribution is -2.48. The zero-order valence-corrected chi connectivity index (χ0v) is 21.3. The molecule has 2 N–H and O–H groups in total. The number of nitrogens with two attached hydrogens (primary N) is 1. The highest BCUT2D eigenvalue weighted by molar-refractivity contribution is 6.47. The van der Waals surface area contributed by atoms with E-state index in [-0.39, 0.29) is 11.5 Å². The number of fused-ring (bicyclic) bond motifs is 1. The van der Waals surface area contributed by atoms with Gasteiger partial charge in [-0.2, -0.15) is 10.4 Å². The van der Waals surface area contributed by atoms with E-state index in [2.05, 4.69) is 21.1 Å². The highest BCUT2D eigenvalue weighted by Gasteiger charge is 2.45. The second-order valence-electron chi connectivity index (χ2n) is 10.1. The summed E-state index contributed by atoms with van der Waals surface area (Å²) in [6.45, 7) is 5.28. The Morgan fingerprint density at radius 2 is 2.05 bits per heavy atom. The number of piperidine rings is 1. The lowest BCUT2D eigenvalue weighted by atomic mass is 9.60. The molecule has 4 heterocycles. The molecule has 1 saturated carbocycles. The molecule has 2 aliphatic rings. The number of pyridine rings is 2. The lowest BCUT2D eigenvalue weighted by molar-refractivity contribution is -0.121. The Morgan fingerprint density at radius 1 is 1.29 bits per heavy atom. The van der Waals surface area contributed by atoms with E-state index in [1.165, 1.54) is 12.3 Å². The number of aromatic nitrogens is 3. The first-order valence-electron chi connectivity index (χ1n) is 12.6. The number of carbonyl (C=O) groups is 1. The molecule has 5 rings (SSSR count). The number of nitriles is 1. The molecule has 1 spiro atoms. The van der Waals surface area contributed by atoms with Crippen LogP contribution < -0.4 is 10.6 Å². The summed E-state index contributed by atoms with van der Waals surface area (Å²) < 4.78 is 21.2. The Hall–Kier alpha value is -4.33. The third kappa shape index (κ3) is 4.81. The van der Waals surface area contributed by atoms with Crippen LogP contribution in [0.15, 0.2) is 46.8 Å². The van der Waals surface area contributed by atoms with Crippen LogP contribution in [0.2, 0.25) is 0 Å². The van der Waals surface area contributed by atoms with Crippen molar-refractivity contribution in [1.29, 1.82) is 5.26 Å². The van der Waals surface area contributed by atoms with Crippen molar-refractivity contribution >= 4 is 23.5 Å². The maximum Gasteiger partial charge on any atom is 0.209 e. The molecule has 0 aromatic carbocycles. The fourth-order valence-corrected chi connectivity index (χ4v) is 5.50. The summed E-state index contributed by atoms with van der Waals surface area (Å²) in [6.07, 6.45) is 6.98. The van der Waals surface area contributed by atoms with Crippen LogP contribution >= 0.6 is 0 Å². The van der Waals surface area contributed by atoms with Crippen molar-refractivity contribution in [3.05, 3.63) is 59.4 Å². The number of nitrogens with zero attached hydrogens (tertiary/aromatic N) is 7. The van der Waals surface area contributed by atoms with Gasteiger partial charge in [-0.05, 0) is 63.1 Å². The predicted octanol–water partition coefficient (Wildman–Crippen LogP) is 3.40. The summed E-state index contributed by atoms with van der Waals surface area (Å²) >= 11 is 0. The van der Waals surface area contributed by atoms with E-state index in [1.54, 1.807) is 29.5 Å². The number of carbonyl (C=O) groups excluding carboxylic acids is 1. The first kappa shape index (κ1) is 25.3. The second kappa shape index (κ2) is 10.2. The van der Waals surface area contributed by atoms with Crippen molar-refractivity contribution in [3.63, 3.8) is 0 Å². The predicted molar refractivity (Wildman–Crippen MR) is 139 cm³/mol. The van der Waals surface area contributed by atoms with E-state index in [1.807, 2.05) is 11.8 Å². The molecule has 1 atom stereocenters. The number of imidazole rings is 1. The Kier molecular flexibility index (Phi) is 6.80. The molecule has 196 valence electrons. The SMILES string of the molecule is CC(=NC1CC2(CCN(C=O)CC2)C1)/C(=N\N)c1cc(O[C@H](C)c2ccc(F)cn2)n2c(C#N)cnc2c1. The van der Waals surface area contributed by atoms with Gasteiger partial charge < -0.3 is 15.5 Å². The maximum atomic E-state index is 13.4. The summed E-state index contributed by atoms with van der Waals surface area (Å²) in [5.41, 5.74) is 3.45. The van der Waals surface area contributed by atoms with E-state index < -0.39 is 11.9 Å². The molecule has 3 aromatic heterocycles. The van der Waals surface area contributed by atoms with Gasteiger partial charge in [-0.15, -0.1) is 0 Å². The number of halogens is 1. The van der Waals surface area contributed by atoms with Gasteiger partial charge in [0.1, 0.15) is 35.0 Å². The van der Waals surface area contributed by atoms with Gasteiger partial charge in [-0.3, -0.25) is 19.2 Å². The van der Waals surface area contributed by atoms with E-state index in [0.29, 0.717) is 39.9 Å². The Bertz CT molecular complexity index is 1440. The van der Waals surface area contributed by atoms with Crippen molar-refractivity contribution in [1.82, 2.24) is 19.3 Å². The molecular formula is C27H29FN8O2. The van der Waals surface area contributed by atoms with Crippen LogP contribution in [0.4, 0.5) is 4.39 Å². The van der Waals surface area contributed by atoms with E-state index in [4.69, 9.17) is 15.6 Å². The highest BCUT2D eigenvalue weighted by atomic mass is 19.1. The van der Waals surface area contributed by atoms with Gasteiger partial charge in [0.05, 0.1) is 29.8 Å². The Balaban J connectivity index is 1.40. The molecule has 0 radical (unpaired) electrons. The second-order valence-corrected chi connectivity index (χ2v) is 10.1. The summed E-state index contributed by atoms with van der Waals surface area (Å²) in [4.78, 5) is 26.3. The van der Waals surface area contributed by atoms with Crippen LogP contribution in [0, 0.1) is 22.6 Å². The Labute approximate surface area is 219 Å². The zero-order chi connectivity index (χ0) is 26.9. The number of hydrogen-bond acceptors (Lipinski definition) is 8. The normalized spacial score (nSPS) is 18.7. The van der Waals surface area contributed by atoms with Crippen LogP contribution in [0.25, 0.3) is 5.65 Å². The van der Waals surface area contributed by atoms with Crippen molar-refractivity contribution in [2.24, 2.45) is 21.4 Å². The Morgan fingerprint density at radius 3 is 2.68 bits per heavy atom. The van der Waals surface area contributed by atoms with Gasteiger partial charge >= 0.3 is 0 Å². The first-order chi connectivity index (χ1) is 18.3. The average molecular weight is 517 g/mol. The van der Waals surface area contributed by atoms with Crippen LogP contribution in [0.3, 0.4) is 0 Å². The van der Waals surface area contributed by atoms with Crippen molar-refractivity contribution in [3.8, 4) is 11.9 Å². The lowest BCUT2D eigenvalue weighted by Gasteiger charge is -2.50.